The minimum Gasteiger partial charge on any atom is -0.316 e. The van der Waals surface area contributed by atoms with Gasteiger partial charge in [0.15, 0.2) is 0 Å². The van der Waals surface area contributed by atoms with E-state index >= 15 is 0 Å². The van der Waals surface area contributed by atoms with E-state index in [2.05, 4.69) is 34.6 Å². The van der Waals surface area contributed by atoms with Crippen LogP contribution in [0, 0.1) is 5.92 Å². The minimum absolute atomic E-state index is 0.785. The van der Waals surface area contributed by atoms with Crippen LogP contribution >= 0.6 is 0 Å². The van der Waals surface area contributed by atoms with E-state index in [0.717, 1.165) is 18.9 Å². The van der Waals surface area contributed by atoms with Crippen molar-refractivity contribution in [3.05, 3.63) is 42.2 Å². The lowest BCUT2D eigenvalue weighted by Gasteiger charge is -2.10. The molecule has 1 N–H and O–H groups in total. The molecule has 2 aromatic rings. The first-order chi connectivity index (χ1) is 7.93. The van der Waals surface area contributed by atoms with Crippen LogP contribution in [0.15, 0.2) is 36.7 Å². The molecule has 1 unspecified atom stereocenters. The zero-order valence-corrected chi connectivity index (χ0v) is 9.32. The molecule has 1 atom stereocenters. The third-order valence-corrected chi connectivity index (χ3v) is 3.42. The quantitative estimate of drug-likeness (QED) is 0.826. The summed E-state index contributed by atoms with van der Waals surface area (Å²) in [6.07, 6.45) is 6.43. The van der Waals surface area contributed by atoms with Crippen LogP contribution in [0.5, 0.6) is 0 Å². The Labute approximate surface area is 95.7 Å². The van der Waals surface area contributed by atoms with E-state index in [4.69, 9.17) is 0 Å². The average molecular weight is 212 g/mol. The van der Waals surface area contributed by atoms with Gasteiger partial charge >= 0.3 is 0 Å². The van der Waals surface area contributed by atoms with Gasteiger partial charge in [0.25, 0.3) is 0 Å². The first-order valence-corrected chi connectivity index (χ1v) is 5.96. The van der Waals surface area contributed by atoms with Crippen molar-refractivity contribution in [3.8, 4) is 0 Å². The lowest BCUT2D eigenvalue weighted by atomic mass is 9.96. The molecule has 0 spiro atoms. The number of aromatic nitrogens is 1. The SMILES string of the molecule is c1ccc2c(CC3CCNC3)cncc2c1. The number of hydrogen-bond donors (Lipinski definition) is 1. The van der Waals surface area contributed by atoms with E-state index in [1.807, 2.05) is 12.4 Å². The van der Waals surface area contributed by atoms with Gasteiger partial charge in [-0.2, -0.15) is 0 Å². The van der Waals surface area contributed by atoms with Gasteiger partial charge in [-0.25, -0.2) is 0 Å². The summed E-state index contributed by atoms with van der Waals surface area (Å²) >= 11 is 0. The second-order valence-corrected chi connectivity index (χ2v) is 4.58. The molecule has 2 nitrogen and oxygen atoms in total. The zero-order chi connectivity index (χ0) is 10.8. The average Bonchev–Trinajstić information content (AvgIpc) is 2.82. The number of fused-ring (bicyclic) bond motifs is 1. The molecule has 0 amide bonds. The molecule has 1 aliphatic heterocycles. The Hall–Kier alpha value is -1.41. The molecule has 1 aromatic heterocycles. The Morgan fingerprint density at radius 1 is 1.25 bits per heavy atom. The summed E-state index contributed by atoms with van der Waals surface area (Å²) in [5, 5.41) is 6.04. The number of benzene rings is 1. The molecule has 16 heavy (non-hydrogen) atoms. The van der Waals surface area contributed by atoms with E-state index in [-0.39, 0.29) is 0 Å². The number of nitrogens with zero attached hydrogens (tertiary/aromatic N) is 1. The first-order valence-electron chi connectivity index (χ1n) is 5.96. The highest BCUT2D eigenvalue weighted by Gasteiger charge is 2.15. The molecule has 82 valence electrons. The number of hydrogen-bond acceptors (Lipinski definition) is 2. The normalized spacial score (nSPS) is 20.4. The molecule has 0 bridgehead atoms. The van der Waals surface area contributed by atoms with Crippen LogP contribution in [0.3, 0.4) is 0 Å². The van der Waals surface area contributed by atoms with Crippen LogP contribution in [0.2, 0.25) is 0 Å². The van der Waals surface area contributed by atoms with Gasteiger partial charge in [-0.1, -0.05) is 24.3 Å². The van der Waals surface area contributed by atoms with Crippen LogP contribution in [0.25, 0.3) is 10.8 Å². The van der Waals surface area contributed by atoms with Gasteiger partial charge in [0.1, 0.15) is 0 Å². The summed E-state index contributed by atoms with van der Waals surface area (Å²) in [4.78, 5) is 4.33. The second-order valence-electron chi connectivity index (χ2n) is 4.58. The Kier molecular flexibility index (Phi) is 2.58. The predicted octanol–water partition coefficient (Wildman–Crippen LogP) is 2.39. The fourth-order valence-electron chi connectivity index (χ4n) is 2.54. The second kappa shape index (κ2) is 4.22. The third-order valence-electron chi connectivity index (χ3n) is 3.42. The molecule has 2 heterocycles. The largest absolute Gasteiger partial charge is 0.316 e. The minimum atomic E-state index is 0.785. The topological polar surface area (TPSA) is 24.9 Å². The fraction of sp³-hybridized carbons (Fsp3) is 0.357. The molecular formula is C14H16N2. The summed E-state index contributed by atoms with van der Waals surface area (Å²) in [6, 6.07) is 8.52. The highest BCUT2D eigenvalue weighted by Crippen LogP contribution is 2.22. The summed E-state index contributed by atoms with van der Waals surface area (Å²) in [5.74, 6) is 0.785. The summed E-state index contributed by atoms with van der Waals surface area (Å²) in [7, 11) is 0. The van der Waals surface area contributed by atoms with Crippen LogP contribution in [-0.2, 0) is 6.42 Å². The van der Waals surface area contributed by atoms with Crippen LogP contribution in [0.4, 0.5) is 0 Å². The van der Waals surface area contributed by atoms with E-state index in [1.54, 1.807) is 0 Å². The maximum Gasteiger partial charge on any atom is 0.0346 e. The molecule has 0 aliphatic carbocycles. The highest BCUT2D eigenvalue weighted by molar-refractivity contribution is 5.84. The van der Waals surface area contributed by atoms with Crippen molar-refractivity contribution in [2.24, 2.45) is 5.92 Å². The number of pyridine rings is 1. The highest BCUT2D eigenvalue weighted by atomic mass is 14.9. The van der Waals surface area contributed by atoms with Gasteiger partial charge in [-0.05, 0) is 42.8 Å². The maximum absolute atomic E-state index is 4.33. The number of rotatable bonds is 2. The molecule has 1 fully saturated rings. The lowest BCUT2D eigenvalue weighted by Crippen LogP contribution is -2.11. The van der Waals surface area contributed by atoms with E-state index in [9.17, 15) is 0 Å². The van der Waals surface area contributed by atoms with E-state index in [0.29, 0.717) is 0 Å². The van der Waals surface area contributed by atoms with E-state index in [1.165, 1.54) is 29.3 Å². The summed E-state index contributed by atoms with van der Waals surface area (Å²) in [5.41, 5.74) is 1.40. The first kappa shape index (κ1) is 9.79. The lowest BCUT2D eigenvalue weighted by molar-refractivity contribution is 0.581. The Morgan fingerprint density at radius 3 is 3.06 bits per heavy atom. The van der Waals surface area contributed by atoms with Gasteiger partial charge in [0.2, 0.25) is 0 Å². The van der Waals surface area contributed by atoms with Gasteiger partial charge < -0.3 is 5.32 Å². The molecule has 2 heteroatoms. The van der Waals surface area contributed by atoms with Gasteiger partial charge in [0, 0.05) is 17.8 Å². The molecule has 1 aromatic carbocycles. The van der Waals surface area contributed by atoms with Crippen molar-refractivity contribution in [3.63, 3.8) is 0 Å². The standard InChI is InChI=1S/C14H16N2/c1-2-4-14-12(3-1)9-16-10-13(14)7-11-5-6-15-8-11/h1-4,9-11,15H,5-8H2. The van der Waals surface area contributed by atoms with Gasteiger partial charge in [-0.3, -0.25) is 4.98 Å². The third kappa shape index (κ3) is 1.81. The molecule has 0 saturated carbocycles. The Balaban J connectivity index is 1.96. The summed E-state index contributed by atoms with van der Waals surface area (Å²) in [6.45, 7) is 2.33. The molecule has 3 rings (SSSR count). The maximum atomic E-state index is 4.33. The van der Waals surface area contributed by atoms with Crippen molar-refractivity contribution in [2.45, 2.75) is 12.8 Å². The van der Waals surface area contributed by atoms with Crippen molar-refractivity contribution >= 4 is 10.8 Å². The Bertz CT molecular complexity index is 482. The van der Waals surface area contributed by atoms with Crippen molar-refractivity contribution in [1.82, 2.24) is 10.3 Å². The fourth-order valence-corrected chi connectivity index (χ4v) is 2.54. The van der Waals surface area contributed by atoms with Crippen molar-refractivity contribution in [2.75, 3.05) is 13.1 Å². The van der Waals surface area contributed by atoms with E-state index < -0.39 is 0 Å². The van der Waals surface area contributed by atoms with Gasteiger partial charge in [-0.15, -0.1) is 0 Å². The van der Waals surface area contributed by atoms with Gasteiger partial charge in [0.05, 0.1) is 0 Å². The zero-order valence-electron chi connectivity index (χ0n) is 9.32. The van der Waals surface area contributed by atoms with Crippen molar-refractivity contribution in [1.29, 1.82) is 0 Å². The van der Waals surface area contributed by atoms with Crippen LogP contribution in [0.1, 0.15) is 12.0 Å². The molecule has 1 saturated heterocycles. The Morgan fingerprint density at radius 2 is 2.19 bits per heavy atom. The monoisotopic (exact) mass is 212 g/mol. The molecular weight excluding hydrogens is 196 g/mol. The van der Waals surface area contributed by atoms with Crippen LogP contribution in [-0.4, -0.2) is 18.1 Å². The van der Waals surface area contributed by atoms with Crippen LogP contribution < -0.4 is 5.32 Å². The summed E-state index contributed by atoms with van der Waals surface area (Å²) < 4.78 is 0. The molecule has 1 aliphatic rings. The smallest absolute Gasteiger partial charge is 0.0346 e. The van der Waals surface area contributed by atoms with Crippen molar-refractivity contribution < 1.29 is 0 Å². The predicted molar refractivity (Wildman–Crippen MR) is 66.4 cm³/mol. The molecule has 0 radical (unpaired) electrons. The number of nitrogens with one attached hydrogen (secondary N) is 1.